The molecule has 0 aliphatic carbocycles. The fourth-order valence-electron chi connectivity index (χ4n) is 1.38. The fourth-order valence-corrected chi connectivity index (χ4v) is 1.57. The molecular formula is C12H9ClF2N2. The van der Waals surface area contributed by atoms with Gasteiger partial charge in [0.1, 0.15) is 11.6 Å². The van der Waals surface area contributed by atoms with Gasteiger partial charge in [0, 0.05) is 12.7 Å². The van der Waals surface area contributed by atoms with Crippen LogP contribution in [0, 0.1) is 11.6 Å². The molecule has 0 radical (unpaired) electrons. The van der Waals surface area contributed by atoms with Gasteiger partial charge in [-0.1, -0.05) is 11.6 Å². The molecule has 0 amide bonds. The van der Waals surface area contributed by atoms with Gasteiger partial charge in [0.15, 0.2) is 0 Å². The van der Waals surface area contributed by atoms with Gasteiger partial charge in [-0.25, -0.2) is 8.78 Å². The molecule has 0 fully saturated rings. The Hall–Kier alpha value is -1.68. The highest BCUT2D eigenvalue weighted by molar-refractivity contribution is 6.33. The van der Waals surface area contributed by atoms with Gasteiger partial charge in [-0.05, 0) is 29.8 Å². The molecule has 2 nitrogen and oxygen atoms in total. The Morgan fingerprint density at radius 3 is 2.71 bits per heavy atom. The maximum atomic E-state index is 13.0. The summed E-state index contributed by atoms with van der Waals surface area (Å²) in [7, 11) is 0. The van der Waals surface area contributed by atoms with Crippen molar-refractivity contribution in [3.8, 4) is 0 Å². The van der Waals surface area contributed by atoms with Crippen LogP contribution in [0.2, 0.25) is 5.02 Å². The number of anilines is 1. The third kappa shape index (κ3) is 3.14. The molecule has 0 atom stereocenters. The minimum atomic E-state index is -0.408. The van der Waals surface area contributed by atoms with Crippen LogP contribution in [0.15, 0.2) is 36.7 Å². The number of rotatable bonds is 3. The third-order valence-corrected chi connectivity index (χ3v) is 2.50. The summed E-state index contributed by atoms with van der Waals surface area (Å²) >= 11 is 5.87. The number of aromatic nitrogens is 1. The van der Waals surface area contributed by atoms with E-state index in [9.17, 15) is 8.78 Å². The van der Waals surface area contributed by atoms with Gasteiger partial charge < -0.3 is 5.32 Å². The van der Waals surface area contributed by atoms with Crippen LogP contribution < -0.4 is 5.32 Å². The summed E-state index contributed by atoms with van der Waals surface area (Å²) in [6.45, 7) is 0.327. The lowest BCUT2D eigenvalue weighted by atomic mass is 10.2. The first-order chi connectivity index (χ1) is 8.15. The van der Waals surface area contributed by atoms with Gasteiger partial charge in [-0.15, -0.1) is 0 Å². The molecule has 0 bridgehead atoms. The van der Waals surface area contributed by atoms with Crippen molar-refractivity contribution >= 4 is 17.3 Å². The van der Waals surface area contributed by atoms with Crippen LogP contribution >= 0.6 is 11.6 Å². The largest absolute Gasteiger partial charge is 0.380 e. The van der Waals surface area contributed by atoms with Crippen molar-refractivity contribution in [3.05, 3.63) is 58.9 Å². The van der Waals surface area contributed by atoms with Crippen LogP contribution in [0.4, 0.5) is 14.5 Å². The van der Waals surface area contributed by atoms with E-state index in [-0.39, 0.29) is 5.82 Å². The molecular weight excluding hydrogens is 246 g/mol. The van der Waals surface area contributed by atoms with Gasteiger partial charge in [0.25, 0.3) is 0 Å². The predicted molar refractivity (Wildman–Crippen MR) is 62.9 cm³/mol. The van der Waals surface area contributed by atoms with Crippen molar-refractivity contribution in [2.75, 3.05) is 5.32 Å². The van der Waals surface area contributed by atoms with E-state index in [1.165, 1.54) is 30.5 Å². The zero-order chi connectivity index (χ0) is 12.3. The van der Waals surface area contributed by atoms with Crippen molar-refractivity contribution in [2.24, 2.45) is 0 Å². The Labute approximate surface area is 102 Å². The molecule has 2 aromatic rings. The summed E-state index contributed by atoms with van der Waals surface area (Å²) in [5.41, 5.74) is 1.13. The Bertz CT molecular complexity index is 532. The SMILES string of the molecule is Fc1cncc(CNc2cc(F)ccc2Cl)c1. The van der Waals surface area contributed by atoms with E-state index in [0.29, 0.717) is 22.8 Å². The molecule has 1 N–H and O–H groups in total. The normalized spacial score (nSPS) is 10.3. The lowest BCUT2D eigenvalue weighted by Gasteiger charge is -2.08. The Morgan fingerprint density at radius 1 is 1.12 bits per heavy atom. The van der Waals surface area contributed by atoms with E-state index < -0.39 is 5.82 Å². The highest BCUT2D eigenvalue weighted by atomic mass is 35.5. The van der Waals surface area contributed by atoms with Gasteiger partial charge in [0.05, 0.1) is 16.9 Å². The molecule has 0 unspecified atom stereocenters. The van der Waals surface area contributed by atoms with Crippen LogP contribution in [0.3, 0.4) is 0 Å². The van der Waals surface area contributed by atoms with E-state index in [1.807, 2.05) is 0 Å². The van der Waals surface area contributed by atoms with Gasteiger partial charge in [0.2, 0.25) is 0 Å². The molecule has 0 spiro atoms. The van der Waals surface area contributed by atoms with Crippen molar-refractivity contribution in [2.45, 2.75) is 6.54 Å². The zero-order valence-electron chi connectivity index (χ0n) is 8.75. The second-order valence-electron chi connectivity index (χ2n) is 3.49. The summed E-state index contributed by atoms with van der Waals surface area (Å²) in [5.74, 6) is -0.788. The zero-order valence-corrected chi connectivity index (χ0v) is 9.51. The average Bonchev–Trinajstić information content (AvgIpc) is 2.30. The average molecular weight is 255 g/mol. The fraction of sp³-hybridized carbons (Fsp3) is 0.0833. The molecule has 2 rings (SSSR count). The second-order valence-corrected chi connectivity index (χ2v) is 3.90. The van der Waals surface area contributed by atoms with Gasteiger partial charge in [-0.2, -0.15) is 0 Å². The lowest BCUT2D eigenvalue weighted by molar-refractivity contribution is 0.618. The summed E-state index contributed by atoms with van der Waals surface area (Å²) < 4.78 is 25.8. The van der Waals surface area contributed by atoms with Crippen molar-refractivity contribution in [3.63, 3.8) is 0 Å². The summed E-state index contributed by atoms with van der Waals surface area (Å²) in [4.78, 5) is 3.71. The maximum absolute atomic E-state index is 13.0. The smallest absolute Gasteiger partial charge is 0.141 e. The minimum Gasteiger partial charge on any atom is -0.380 e. The summed E-state index contributed by atoms with van der Waals surface area (Å²) in [5, 5.41) is 3.33. The monoisotopic (exact) mass is 254 g/mol. The van der Waals surface area contributed by atoms with E-state index in [4.69, 9.17) is 11.6 Å². The molecule has 0 saturated carbocycles. The van der Waals surface area contributed by atoms with Crippen LogP contribution in [0.25, 0.3) is 0 Å². The van der Waals surface area contributed by atoms with Crippen molar-refractivity contribution in [1.29, 1.82) is 0 Å². The number of benzene rings is 1. The highest BCUT2D eigenvalue weighted by Crippen LogP contribution is 2.22. The number of hydrogen-bond donors (Lipinski definition) is 1. The van der Waals surface area contributed by atoms with E-state index in [1.54, 1.807) is 0 Å². The van der Waals surface area contributed by atoms with E-state index >= 15 is 0 Å². The van der Waals surface area contributed by atoms with Gasteiger partial charge >= 0.3 is 0 Å². The molecule has 1 aromatic heterocycles. The first kappa shape index (κ1) is 11.8. The van der Waals surface area contributed by atoms with Crippen LogP contribution in [-0.2, 0) is 6.54 Å². The van der Waals surface area contributed by atoms with E-state index in [0.717, 1.165) is 6.20 Å². The predicted octanol–water partition coefficient (Wildman–Crippen LogP) is 3.63. The van der Waals surface area contributed by atoms with Crippen LogP contribution in [-0.4, -0.2) is 4.98 Å². The molecule has 88 valence electrons. The number of halogens is 3. The second kappa shape index (κ2) is 5.10. The van der Waals surface area contributed by atoms with E-state index in [2.05, 4.69) is 10.3 Å². The van der Waals surface area contributed by atoms with Crippen LogP contribution in [0.1, 0.15) is 5.56 Å². The standard InChI is InChI=1S/C12H9ClF2N2/c13-11-2-1-9(14)4-12(11)17-6-8-3-10(15)7-16-5-8/h1-5,7,17H,6H2. The molecule has 1 aromatic carbocycles. The van der Waals surface area contributed by atoms with Crippen molar-refractivity contribution < 1.29 is 8.78 Å². The quantitative estimate of drug-likeness (QED) is 0.905. The molecule has 0 aliphatic rings. The molecule has 0 aliphatic heterocycles. The van der Waals surface area contributed by atoms with Crippen molar-refractivity contribution in [1.82, 2.24) is 4.98 Å². The molecule has 0 saturated heterocycles. The minimum absolute atomic E-state index is 0.327. The first-order valence-electron chi connectivity index (χ1n) is 4.93. The number of pyridine rings is 1. The Morgan fingerprint density at radius 2 is 1.94 bits per heavy atom. The van der Waals surface area contributed by atoms with Crippen LogP contribution in [0.5, 0.6) is 0 Å². The summed E-state index contributed by atoms with van der Waals surface area (Å²) in [6.07, 6.45) is 2.65. The molecule has 17 heavy (non-hydrogen) atoms. The topological polar surface area (TPSA) is 24.9 Å². The first-order valence-corrected chi connectivity index (χ1v) is 5.31. The van der Waals surface area contributed by atoms with Gasteiger partial charge in [-0.3, -0.25) is 4.98 Å². The molecule has 1 heterocycles. The molecule has 5 heteroatoms. The highest BCUT2D eigenvalue weighted by Gasteiger charge is 2.02. The number of nitrogens with zero attached hydrogens (tertiary/aromatic N) is 1. The Kier molecular flexibility index (Phi) is 3.54. The Balaban J connectivity index is 2.09. The summed E-state index contributed by atoms with van der Waals surface area (Å²) in [6, 6.07) is 5.38. The number of hydrogen-bond acceptors (Lipinski definition) is 2. The maximum Gasteiger partial charge on any atom is 0.141 e. The number of nitrogens with one attached hydrogen (secondary N) is 1. The third-order valence-electron chi connectivity index (χ3n) is 2.17. The lowest BCUT2D eigenvalue weighted by Crippen LogP contribution is -2.01.